The Morgan fingerprint density at radius 1 is 1.26 bits per heavy atom. The first-order valence-electron chi connectivity index (χ1n) is 7.72. The molecule has 132 valence electrons. The van der Waals surface area contributed by atoms with Crippen molar-refractivity contribution in [3.8, 4) is 11.5 Å². The zero-order chi connectivity index (χ0) is 16.5. The van der Waals surface area contributed by atoms with E-state index in [9.17, 15) is 0 Å². The molecule has 0 amide bonds. The van der Waals surface area contributed by atoms with Gasteiger partial charge in [0.15, 0.2) is 5.96 Å². The summed E-state index contributed by atoms with van der Waals surface area (Å²) in [5.41, 5.74) is 1.10. The quantitative estimate of drug-likeness (QED) is 0.405. The molecule has 0 saturated heterocycles. The van der Waals surface area contributed by atoms with E-state index in [0.29, 0.717) is 5.92 Å². The van der Waals surface area contributed by atoms with Crippen molar-refractivity contribution >= 4 is 29.9 Å². The minimum atomic E-state index is 0. The van der Waals surface area contributed by atoms with Crippen molar-refractivity contribution < 1.29 is 9.47 Å². The Hall–Kier alpha value is -1.18. The molecule has 0 heterocycles. The second-order valence-electron chi connectivity index (χ2n) is 5.62. The number of ether oxygens (including phenoxy) is 2. The number of guanidine groups is 1. The molecule has 0 aliphatic rings. The van der Waals surface area contributed by atoms with Gasteiger partial charge in [-0.3, -0.25) is 4.99 Å². The van der Waals surface area contributed by atoms with Crippen LogP contribution in [0.2, 0.25) is 0 Å². The van der Waals surface area contributed by atoms with Crippen molar-refractivity contribution in [3.63, 3.8) is 0 Å². The highest BCUT2D eigenvalue weighted by atomic mass is 127. The second kappa shape index (κ2) is 11.4. The Bertz CT molecular complexity index is 493. The van der Waals surface area contributed by atoms with E-state index in [4.69, 9.17) is 9.47 Å². The maximum Gasteiger partial charge on any atom is 0.193 e. The van der Waals surface area contributed by atoms with Crippen LogP contribution < -0.4 is 14.8 Å². The highest BCUT2D eigenvalue weighted by molar-refractivity contribution is 14.0. The third-order valence-electron chi connectivity index (χ3n) is 3.20. The zero-order valence-electron chi connectivity index (χ0n) is 15.0. The summed E-state index contributed by atoms with van der Waals surface area (Å²) in [6.45, 7) is 8.79. The molecule has 0 atom stereocenters. The van der Waals surface area contributed by atoms with Crippen LogP contribution in [0.3, 0.4) is 0 Å². The number of nitrogens with zero attached hydrogens (tertiary/aromatic N) is 2. The van der Waals surface area contributed by atoms with E-state index in [1.54, 1.807) is 14.2 Å². The molecule has 0 aliphatic heterocycles. The monoisotopic (exact) mass is 435 g/mol. The summed E-state index contributed by atoms with van der Waals surface area (Å²) in [7, 11) is 5.37. The zero-order valence-corrected chi connectivity index (χ0v) is 17.4. The van der Waals surface area contributed by atoms with E-state index < -0.39 is 0 Å². The number of halogens is 1. The summed E-state index contributed by atoms with van der Waals surface area (Å²) >= 11 is 0. The minimum absolute atomic E-state index is 0. The molecule has 0 radical (unpaired) electrons. The van der Waals surface area contributed by atoms with Crippen LogP contribution >= 0.6 is 24.0 Å². The van der Waals surface area contributed by atoms with Gasteiger partial charge in [-0.25, -0.2) is 0 Å². The van der Waals surface area contributed by atoms with Crippen molar-refractivity contribution in [1.82, 2.24) is 10.2 Å². The van der Waals surface area contributed by atoms with Crippen molar-refractivity contribution in [3.05, 3.63) is 23.8 Å². The molecular formula is C17H30IN3O2. The van der Waals surface area contributed by atoms with Gasteiger partial charge in [0.2, 0.25) is 0 Å². The van der Waals surface area contributed by atoms with Crippen LogP contribution in [0.1, 0.15) is 26.3 Å². The summed E-state index contributed by atoms with van der Waals surface area (Å²) in [5, 5.41) is 3.33. The molecule has 0 aromatic heterocycles. The lowest BCUT2D eigenvalue weighted by Crippen LogP contribution is -2.38. The van der Waals surface area contributed by atoms with Gasteiger partial charge in [-0.1, -0.05) is 13.8 Å². The van der Waals surface area contributed by atoms with Gasteiger partial charge in [0.25, 0.3) is 0 Å². The van der Waals surface area contributed by atoms with Gasteiger partial charge < -0.3 is 19.7 Å². The number of nitrogens with one attached hydrogen (secondary N) is 1. The number of hydrogen-bond acceptors (Lipinski definition) is 3. The van der Waals surface area contributed by atoms with Crippen LogP contribution in [0.25, 0.3) is 0 Å². The number of rotatable bonds is 7. The topological polar surface area (TPSA) is 46.1 Å². The van der Waals surface area contributed by atoms with Crippen LogP contribution in [0.15, 0.2) is 23.2 Å². The van der Waals surface area contributed by atoms with Gasteiger partial charge in [0, 0.05) is 38.3 Å². The van der Waals surface area contributed by atoms with Gasteiger partial charge in [-0.15, -0.1) is 24.0 Å². The minimum Gasteiger partial charge on any atom is -0.497 e. The van der Waals surface area contributed by atoms with Gasteiger partial charge >= 0.3 is 0 Å². The molecule has 1 aromatic carbocycles. The van der Waals surface area contributed by atoms with E-state index in [1.807, 2.05) is 25.2 Å². The van der Waals surface area contributed by atoms with Crippen molar-refractivity contribution in [1.29, 1.82) is 0 Å². The molecule has 0 saturated carbocycles. The van der Waals surface area contributed by atoms with Gasteiger partial charge in [-0.05, 0) is 25.0 Å². The normalized spacial score (nSPS) is 11.0. The largest absolute Gasteiger partial charge is 0.497 e. The van der Waals surface area contributed by atoms with Gasteiger partial charge in [-0.2, -0.15) is 0 Å². The Labute approximate surface area is 157 Å². The standard InChI is InChI=1S/C17H29N3O2.HI/c1-7-18-17(19-11-13(2)3)20(4)12-14-8-9-15(21-5)10-16(14)22-6;/h8-10,13H,7,11-12H2,1-6H3,(H,18,19);1H. The SMILES string of the molecule is CCNC(=NCC(C)C)N(C)Cc1ccc(OC)cc1OC.I. The van der Waals surface area contributed by atoms with E-state index in [2.05, 4.69) is 36.0 Å². The smallest absolute Gasteiger partial charge is 0.193 e. The number of benzene rings is 1. The van der Waals surface area contributed by atoms with Crippen LogP contribution in [-0.4, -0.2) is 45.2 Å². The lowest BCUT2D eigenvalue weighted by atomic mass is 10.2. The van der Waals surface area contributed by atoms with E-state index in [0.717, 1.165) is 42.7 Å². The summed E-state index contributed by atoms with van der Waals surface area (Å²) in [6, 6.07) is 5.88. The molecule has 1 N–H and O–H groups in total. The summed E-state index contributed by atoms with van der Waals surface area (Å²) in [4.78, 5) is 6.77. The maximum atomic E-state index is 5.46. The average molecular weight is 435 g/mol. The third-order valence-corrected chi connectivity index (χ3v) is 3.20. The number of hydrogen-bond donors (Lipinski definition) is 1. The van der Waals surface area contributed by atoms with Gasteiger partial charge in [0.1, 0.15) is 11.5 Å². The first-order valence-corrected chi connectivity index (χ1v) is 7.72. The fourth-order valence-corrected chi connectivity index (χ4v) is 2.05. The maximum absolute atomic E-state index is 5.46. The van der Waals surface area contributed by atoms with E-state index >= 15 is 0 Å². The van der Waals surface area contributed by atoms with Gasteiger partial charge in [0.05, 0.1) is 14.2 Å². The first-order chi connectivity index (χ1) is 10.5. The lowest BCUT2D eigenvalue weighted by Gasteiger charge is -2.23. The number of methoxy groups -OCH3 is 2. The van der Waals surface area contributed by atoms with Crippen LogP contribution in [0.5, 0.6) is 11.5 Å². The van der Waals surface area contributed by atoms with E-state index in [-0.39, 0.29) is 24.0 Å². The molecule has 5 nitrogen and oxygen atoms in total. The molecule has 0 bridgehead atoms. The highest BCUT2D eigenvalue weighted by Crippen LogP contribution is 2.25. The molecule has 1 rings (SSSR count). The predicted octanol–water partition coefficient (Wildman–Crippen LogP) is 3.38. The molecule has 0 aliphatic carbocycles. The van der Waals surface area contributed by atoms with E-state index in [1.165, 1.54) is 0 Å². The Morgan fingerprint density at radius 2 is 1.96 bits per heavy atom. The Kier molecular flexibility index (Phi) is 10.8. The molecule has 0 spiro atoms. The molecule has 0 unspecified atom stereocenters. The van der Waals surface area contributed by atoms with Crippen LogP contribution in [0, 0.1) is 5.92 Å². The summed E-state index contributed by atoms with van der Waals surface area (Å²) in [6.07, 6.45) is 0. The summed E-state index contributed by atoms with van der Waals surface area (Å²) in [5.74, 6) is 3.07. The first kappa shape index (κ1) is 21.8. The highest BCUT2D eigenvalue weighted by Gasteiger charge is 2.11. The fourth-order valence-electron chi connectivity index (χ4n) is 2.05. The van der Waals surface area contributed by atoms with Crippen LogP contribution in [0.4, 0.5) is 0 Å². The molecular weight excluding hydrogens is 405 g/mol. The second-order valence-corrected chi connectivity index (χ2v) is 5.62. The molecule has 1 aromatic rings. The van der Waals surface area contributed by atoms with Crippen molar-refractivity contribution in [2.75, 3.05) is 34.4 Å². The predicted molar refractivity (Wildman–Crippen MR) is 107 cm³/mol. The fraction of sp³-hybridized carbons (Fsp3) is 0.588. The summed E-state index contributed by atoms with van der Waals surface area (Å²) < 4.78 is 10.7. The average Bonchev–Trinajstić information content (AvgIpc) is 2.51. The van der Waals surface area contributed by atoms with Crippen molar-refractivity contribution in [2.45, 2.75) is 27.3 Å². The molecule has 6 heteroatoms. The third kappa shape index (κ3) is 7.28. The van der Waals surface area contributed by atoms with Crippen LogP contribution in [-0.2, 0) is 6.54 Å². The molecule has 0 fully saturated rings. The number of aliphatic imine (C=N–C) groups is 1. The lowest BCUT2D eigenvalue weighted by molar-refractivity contribution is 0.382. The van der Waals surface area contributed by atoms with Crippen molar-refractivity contribution in [2.24, 2.45) is 10.9 Å². The Morgan fingerprint density at radius 3 is 2.48 bits per heavy atom. The molecule has 23 heavy (non-hydrogen) atoms. The Balaban J connectivity index is 0.00000484.